The molecule has 0 radical (unpaired) electrons. The molecule has 12 nitrogen and oxygen atoms in total. The van der Waals surface area contributed by atoms with Crippen LogP contribution in [0.1, 0.15) is 181 Å². The largest absolute Gasteiger partial charge is 0.457 e. The first-order valence-electron chi connectivity index (χ1n) is 26.0. The number of allylic oxidation sites excluding steroid dienone is 16. The third-order valence-corrected chi connectivity index (χ3v) is 11.7. The summed E-state index contributed by atoms with van der Waals surface area (Å²) in [7, 11) is -5.08. The van der Waals surface area contributed by atoms with E-state index in [0.717, 1.165) is 116 Å². The summed E-state index contributed by atoms with van der Waals surface area (Å²) in [5, 5.41) is 30.8. The number of rotatable bonds is 44. The van der Waals surface area contributed by atoms with E-state index in [0.29, 0.717) is 13.0 Å². The number of aliphatic hydroxyl groups excluding tert-OH is 3. The molecule has 1 aliphatic rings. The van der Waals surface area contributed by atoms with E-state index in [4.69, 9.17) is 18.9 Å². The van der Waals surface area contributed by atoms with E-state index in [-0.39, 0.29) is 19.6 Å². The van der Waals surface area contributed by atoms with Gasteiger partial charge in [0.25, 0.3) is 0 Å². The average molecular weight is 977 g/mol. The van der Waals surface area contributed by atoms with E-state index in [1.54, 1.807) is 0 Å². The van der Waals surface area contributed by atoms with Crippen molar-refractivity contribution in [1.29, 1.82) is 0 Å². The highest BCUT2D eigenvalue weighted by molar-refractivity contribution is 7.80. The van der Waals surface area contributed by atoms with Crippen LogP contribution in [0.3, 0.4) is 0 Å². The van der Waals surface area contributed by atoms with Crippen molar-refractivity contribution in [3.63, 3.8) is 0 Å². The number of carbonyl (C=O) groups is 1. The van der Waals surface area contributed by atoms with Gasteiger partial charge in [-0.3, -0.25) is 9.35 Å². The fourth-order valence-corrected chi connectivity index (χ4v) is 7.80. The standard InChI is InChI=1S/C55H92O12S/c1-3-5-7-9-11-13-15-17-19-20-21-22-23-24-25-26-27-28-29-31-33-35-37-39-41-43-45-63-47-49(48-64-55-53(59)54(67-68(60,61)62)52(58)50(46-56)66-55)65-51(57)44-42-40-38-36-34-32-30-18-16-14-12-10-8-6-4-2/h5,7,11,13,17-19,21-22,24-25,27-28,30-31,33,49-50,52-56,58-59H,3-4,6,8-10,12,14-16,20,23,26,29,32,34-48H2,1-2H3,(H,60,61,62)/b7-5-,13-11-,19-17-,22-21-,25-24-,28-27-,30-18-,33-31-. The SMILES string of the molecule is CC/C=C\C/C=C\C/C=C\C/C=C\C/C=C\C/C=C\C/C=C\CCCCCCOCC(COC1OC(CO)C(O)C(OS(=O)(=O)O)C1O)OC(=O)CCCCCCC/C=C\CCCCCCCC. The lowest BCUT2D eigenvalue weighted by molar-refractivity contribution is -0.301. The van der Waals surface area contributed by atoms with Gasteiger partial charge in [0.15, 0.2) is 6.29 Å². The van der Waals surface area contributed by atoms with E-state index < -0.39 is 59.8 Å². The molecule has 4 N–H and O–H groups in total. The minimum Gasteiger partial charge on any atom is -0.457 e. The topological polar surface area (TPSA) is 178 Å². The molecule has 390 valence electrons. The molecule has 68 heavy (non-hydrogen) atoms. The Morgan fingerprint density at radius 1 is 0.574 bits per heavy atom. The van der Waals surface area contributed by atoms with Crippen LogP contribution in [0.4, 0.5) is 0 Å². The molecule has 13 heteroatoms. The van der Waals surface area contributed by atoms with E-state index in [1.807, 2.05) is 0 Å². The third kappa shape index (κ3) is 37.9. The molecule has 1 fully saturated rings. The lowest BCUT2D eigenvalue weighted by Gasteiger charge is -2.41. The number of aliphatic hydroxyl groups is 3. The zero-order valence-electron chi connectivity index (χ0n) is 41.9. The Morgan fingerprint density at radius 2 is 1.01 bits per heavy atom. The van der Waals surface area contributed by atoms with E-state index >= 15 is 0 Å². The molecule has 6 unspecified atom stereocenters. The van der Waals surface area contributed by atoms with Gasteiger partial charge in [0.05, 0.1) is 19.8 Å². The summed E-state index contributed by atoms with van der Waals surface area (Å²) in [6, 6.07) is 0. The summed E-state index contributed by atoms with van der Waals surface area (Å²) in [5.41, 5.74) is 0. The molecular formula is C55H92O12S. The maximum atomic E-state index is 12.9. The van der Waals surface area contributed by atoms with Crippen LogP contribution >= 0.6 is 0 Å². The Hall–Kier alpha value is -2.98. The van der Waals surface area contributed by atoms with Crippen LogP contribution in [-0.4, -0.2) is 97.5 Å². The fourth-order valence-electron chi connectivity index (χ4n) is 7.29. The van der Waals surface area contributed by atoms with Crippen molar-refractivity contribution >= 4 is 16.4 Å². The molecule has 1 heterocycles. The first kappa shape index (κ1) is 63.0. The summed E-state index contributed by atoms with van der Waals surface area (Å²) in [4.78, 5) is 12.9. The Kier molecular flexibility index (Phi) is 41.9. The monoisotopic (exact) mass is 977 g/mol. The summed E-state index contributed by atoms with van der Waals surface area (Å²) >= 11 is 0. The number of hydrogen-bond acceptors (Lipinski definition) is 11. The molecule has 1 aliphatic heterocycles. The maximum Gasteiger partial charge on any atom is 0.397 e. The molecule has 1 saturated heterocycles. The lowest BCUT2D eigenvalue weighted by Crippen LogP contribution is -2.60. The second-order valence-corrected chi connectivity index (χ2v) is 18.4. The molecule has 6 atom stereocenters. The fraction of sp³-hybridized carbons (Fsp3) is 0.691. The van der Waals surface area contributed by atoms with Crippen molar-refractivity contribution in [1.82, 2.24) is 0 Å². The van der Waals surface area contributed by atoms with Crippen LogP contribution in [0.25, 0.3) is 0 Å². The molecule has 0 saturated carbocycles. The van der Waals surface area contributed by atoms with E-state index in [1.165, 1.54) is 38.5 Å². The second kappa shape index (κ2) is 45.2. The first-order valence-corrected chi connectivity index (χ1v) is 27.4. The zero-order chi connectivity index (χ0) is 49.6. The summed E-state index contributed by atoms with van der Waals surface area (Å²) in [5.74, 6) is -0.421. The quantitative estimate of drug-likeness (QED) is 0.0197. The average Bonchev–Trinajstić information content (AvgIpc) is 3.31. The van der Waals surface area contributed by atoms with Crippen molar-refractivity contribution in [2.45, 2.75) is 218 Å². The van der Waals surface area contributed by atoms with Crippen LogP contribution in [0.5, 0.6) is 0 Å². The molecule has 0 aromatic carbocycles. The van der Waals surface area contributed by atoms with Crippen molar-refractivity contribution in [2.24, 2.45) is 0 Å². The zero-order valence-corrected chi connectivity index (χ0v) is 42.7. The van der Waals surface area contributed by atoms with Crippen molar-refractivity contribution < 1.29 is 56.2 Å². The van der Waals surface area contributed by atoms with Crippen LogP contribution in [-0.2, 0) is 38.3 Å². The second-order valence-electron chi connectivity index (χ2n) is 17.4. The van der Waals surface area contributed by atoms with Gasteiger partial charge in [-0.2, -0.15) is 8.42 Å². The van der Waals surface area contributed by atoms with E-state index in [2.05, 4.69) is 115 Å². The van der Waals surface area contributed by atoms with Gasteiger partial charge >= 0.3 is 16.4 Å². The Balaban J connectivity index is 2.38. The Morgan fingerprint density at radius 3 is 1.50 bits per heavy atom. The molecular weight excluding hydrogens is 885 g/mol. The Labute approximate surface area is 412 Å². The van der Waals surface area contributed by atoms with Crippen LogP contribution in [0.15, 0.2) is 97.2 Å². The first-order chi connectivity index (χ1) is 33.1. The minimum absolute atomic E-state index is 0.00919. The van der Waals surface area contributed by atoms with Crippen LogP contribution < -0.4 is 0 Å². The number of hydrogen-bond donors (Lipinski definition) is 4. The molecule has 0 spiro atoms. The predicted molar refractivity (Wildman–Crippen MR) is 275 cm³/mol. The van der Waals surface area contributed by atoms with Crippen molar-refractivity contribution in [2.75, 3.05) is 26.4 Å². The molecule has 1 rings (SSSR count). The van der Waals surface area contributed by atoms with E-state index in [9.17, 15) is 33.1 Å². The van der Waals surface area contributed by atoms with Crippen LogP contribution in [0, 0.1) is 0 Å². The third-order valence-electron chi connectivity index (χ3n) is 11.2. The predicted octanol–water partition coefficient (Wildman–Crippen LogP) is 12.2. The maximum absolute atomic E-state index is 12.9. The highest BCUT2D eigenvalue weighted by atomic mass is 32.3. The number of ether oxygens (including phenoxy) is 4. The van der Waals surface area contributed by atoms with Crippen molar-refractivity contribution in [3.05, 3.63) is 97.2 Å². The smallest absolute Gasteiger partial charge is 0.397 e. The van der Waals surface area contributed by atoms with Gasteiger partial charge in [0, 0.05) is 13.0 Å². The molecule has 0 amide bonds. The van der Waals surface area contributed by atoms with Crippen molar-refractivity contribution in [3.8, 4) is 0 Å². The minimum atomic E-state index is -5.08. The summed E-state index contributed by atoms with van der Waals surface area (Å²) < 4.78 is 59.2. The summed E-state index contributed by atoms with van der Waals surface area (Å²) in [6.07, 6.45) is 53.0. The molecule has 0 aromatic heterocycles. The van der Waals surface area contributed by atoms with Gasteiger partial charge in [0.1, 0.15) is 30.5 Å². The highest BCUT2D eigenvalue weighted by Gasteiger charge is 2.48. The van der Waals surface area contributed by atoms with Crippen LogP contribution in [0.2, 0.25) is 0 Å². The van der Waals surface area contributed by atoms with Gasteiger partial charge in [-0.1, -0.05) is 175 Å². The van der Waals surface area contributed by atoms with Gasteiger partial charge in [-0.05, 0) is 96.3 Å². The molecule has 0 aliphatic carbocycles. The van der Waals surface area contributed by atoms with Gasteiger partial charge < -0.3 is 34.3 Å². The highest BCUT2D eigenvalue weighted by Crippen LogP contribution is 2.26. The van der Waals surface area contributed by atoms with Gasteiger partial charge in [-0.15, -0.1) is 0 Å². The molecule has 0 aromatic rings. The molecule has 0 bridgehead atoms. The van der Waals surface area contributed by atoms with Gasteiger partial charge in [-0.25, -0.2) is 4.18 Å². The summed E-state index contributed by atoms with van der Waals surface area (Å²) in [6.45, 7) is 3.79. The lowest BCUT2D eigenvalue weighted by atomic mass is 9.99. The normalized spacial score (nSPS) is 20.1. The number of unbranched alkanes of at least 4 members (excludes halogenated alkanes) is 15. The Bertz CT molecular complexity index is 1550. The number of carbonyl (C=O) groups excluding carboxylic acids is 1. The number of esters is 1. The van der Waals surface area contributed by atoms with Gasteiger partial charge in [0.2, 0.25) is 0 Å².